The molecule has 0 unspecified atom stereocenters. The molecule has 0 aliphatic heterocycles. The van der Waals surface area contributed by atoms with Gasteiger partial charge in [0.25, 0.3) is 0 Å². The van der Waals surface area contributed by atoms with E-state index in [2.05, 4.69) is 29.7 Å². The molecule has 3 aromatic heterocycles. The highest BCUT2D eigenvalue weighted by atomic mass is 32.1. The van der Waals surface area contributed by atoms with Gasteiger partial charge in [-0.25, -0.2) is 9.67 Å². The van der Waals surface area contributed by atoms with E-state index in [1.807, 2.05) is 13.0 Å². The molecule has 0 bridgehead atoms. The fourth-order valence-electron chi connectivity index (χ4n) is 2.68. The van der Waals surface area contributed by atoms with Crippen LogP contribution in [0.2, 0.25) is 25.7 Å². The minimum Gasteiger partial charge on any atom is -0.444 e. The van der Waals surface area contributed by atoms with Crippen LogP contribution in [-0.4, -0.2) is 29.4 Å². The molecule has 0 radical (unpaired) electrons. The van der Waals surface area contributed by atoms with Gasteiger partial charge >= 0.3 is 0 Å². The maximum absolute atomic E-state index is 12.8. The third-order valence-electron chi connectivity index (χ3n) is 4.18. The average Bonchev–Trinajstić information content (AvgIpc) is 3.22. The second-order valence-electron chi connectivity index (χ2n) is 7.53. The van der Waals surface area contributed by atoms with Crippen molar-refractivity contribution in [2.24, 2.45) is 0 Å². The zero-order valence-electron chi connectivity index (χ0n) is 15.9. The molecule has 9 heteroatoms. The smallest absolute Gasteiger partial charge is 0.236 e. The zero-order valence-corrected chi connectivity index (χ0v) is 17.7. The monoisotopic (exact) mass is 402 g/mol. The molecule has 0 saturated heterocycles. The van der Waals surface area contributed by atoms with E-state index in [0.717, 1.165) is 16.5 Å². The maximum atomic E-state index is 12.8. The minimum atomic E-state index is -1.19. The predicted molar refractivity (Wildman–Crippen MR) is 108 cm³/mol. The highest BCUT2D eigenvalue weighted by Gasteiger charge is 2.21. The summed E-state index contributed by atoms with van der Waals surface area (Å²) in [6.07, 6.45) is 3.04. The van der Waals surface area contributed by atoms with Crippen LogP contribution in [-0.2, 0) is 17.9 Å². The molecule has 0 fully saturated rings. The third-order valence-corrected chi connectivity index (χ3v) is 7.17. The molecule has 0 amide bonds. The van der Waals surface area contributed by atoms with Crippen LogP contribution in [0.1, 0.15) is 11.3 Å². The van der Waals surface area contributed by atoms with Crippen molar-refractivity contribution < 1.29 is 9.15 Å². The topological polar surface area (TPSA) is 93.9 Å². The lowest BCUT2D eigenvalue weighted by Crippen LogP contribution is -2.23. The van der Waals surface area contributed by atoms with Crippen molar-refractivity contribution in [2.45, 2.75) is 45.8 Å². The summed E-state index contributed by atoms with van der Waals surface area (Å²) in [4.78, 5) is 18.5. The van der Waals surface area contributed by atoms with Crippen molar-refractivity contribution in [1.29, 1.82) is 5.26 Å². The molecule has 0 N–H and O–H groups in total. The lowest BCUT2D eigenvalue weighted by Gasteiger charge is -2.16. The van der Waals surface area contributed by atoms with Crippen molar-refractivity contribution in [2.75, 3.05) is 6.61 Å². The summed E-state index contributed by atoms with van der Waals surface area (Å²) in [7, 11) is -1.19. The molecular weight excluding hydrogens is 380 g/mol. The Morgan fingerprint density at radius 1 is 1.41 bits per heavy atom. The SMILES string of the molecule is Cc1c(-c2ncco2)sc2c1c(=O)c(CC#N)nn2COCC[Si](C)(C)C. The lowest BCUT2D eigenvalue weighted by molar-refractivity contribution is 0.0809. The Morgan fingerprint density at radius 3 is 2.81 bits per heavy atom. The molecule has 142 valence electrons. The van der Waals surface area contributed by atoms with Crippen LogP contribution < -0.4 is 5.43 Å². The minimum absolute atomic E-state index is 0.0344. The van der Waals surface area contributed by atoms with Crippen LogP contribution in [0, 0.1) is 18.3 Å². The first kappa shape index (κ1) is 19.5. The highest BCUT2D eigenvalue weighted by molar-refractivity contribution is 7.22. The summed E-state index contributed by atoms with van der Waals surface area (Å²) in [6.45, 7) is 9.64. The van der Waals surface area contributed by atoms with Crippen LogP contribution in [0.4, 0.5) is 0 Å². The Hall–Kier alpha value is -2.28. The van der Waals surface area contributed by atoms with E-state index >= 15 is 0 Å². The molecule has 27 heavy (non-hydrogen) atoms. The molecule has 0 spiro atoms. The van der Waals surface area contributed by atoms with E-state index in [-0.39, 0.29) is 24.3 Å². The fraction of sp³-hybridized carbons (Fsp3) is 0.444. The number of fused-ring (bicyclic) bond motifs is 1. The predicted octanol–water partition coefficient (Wildman–Crippen LogP) is 3.80. The summed E-state index contributed by atoms with van der Waals surface area (Å²) >= 11 is 1.40. The van der Waals surface area contributed by atoms with Crippen molar-refractivity contribution in [3.63, 3.8) is 0 Å². The molecular formula is C18H22N4O3SSi. The van der Waals surface area contributed by atoms with E-state index in [4.69, 9.17) is 14.4 Å². The second kappa shape index (κ2) is 7.76. The summed E-state index contributed by atoms with van der Waals surface area (Å²) in [6, 6.07) is 3.07. The first-order chi connectivity index (χ1) is 12.8. The molecule has 3 aromatic rings. The highest BCUT2D eigenvalue weighted by Crippen LogP contribution is 2.35. The van der Waals surface area contributed by atoms with E-state index < -0.39 is 8.07 Å². The van der Waals surface area contributed by atoms with Gasteiger partial charge in [0.05, 0.1) is 29.0 Å². The molecule has 7 nitrogen and oxygen atoms in total. The Morgan fingerprint density at radius 2 is 2.19 bits per heavy atom. The van der Waals surface area contributed by atoms with Gasteiger partial charge < -0.3 is 9.15 Å². The molecule has 0 aromatic carbocycles. The zero-order chi connectivity index (χ0) is 19.6. The third kappa shape index (κ3) is 4.18. The molecule has 0 aliphatic carbocycles. The van der Waals surface area contributed by atoms with Crippen molar-refractivity contribution in [1.82, 2.24) is 14.8 Å². The van der Waals surface area contributed by atoms with Gasteiger partial charge in [-0.1, -0.05) is 19.6 Å². The van der Waals surface area contributed by atoms with Crippen molar-refractivity contribution >= 4 is 29.6 Å². The number of ether oxygens (including phenoxy) is 1. The normalized spacial score (nSPS) is 11.8. The number of hydrogen-bond donors (Lipinski definition) is 0. The van der Waals surface area contributed by atoms with Crippen LogP contribution in [0.15, 0.2) is 21.7 Å². The Bertz CT molecular complexity index is 1040. The fourth-order valence-corrected chi connectivity index (χ4v) is 4.62. The first-order valence-corrected chi connectivity index (χ1v) is 13.2. The number of oxazole rings is 1. The van der Waals surface area contributed by atoms with Crippen LogP contribution in [0.5, 0.6) is 0 Å². The Labute approximate surface area is 162 Å². The molecule has 0 atom stereocenters. The number of nitriles is 1. The molecule has 3 rings (SSSR count). The quantitative estimate of drug-likeness (QED) is 0.441. The summed E-state index contributed by atoms with van der Waals surface area (Å²) < 4.78 is 12.9. The van der Waals surface area contributed by atoms with E-state index in [1.165, 1.54) is 17.6 Å². The number of thiophene rings is 1. The Kier molecular flexibility index (Phi) is 5.60. The van der Waals surface area contributed by atoms with Crippen LogP contribution in [0.25, 0.3) is 21.0 Å². The van der Waals surface area contributed by atoms with Crippen molar-refractivity contribution in [3.05, 3.63) is 33.9 Å². The number of rotatable bonds is 7. The lowest BCUT2D eigenvalue weighted by atomic mass is 10.1. The van der Waals surface area contributed by atoms with Gasteiger partial charge in [0.2, 0.25) is 11.3 Å². The molecule has 0 aliphatic rings. The Balaban J connectivity index is 2.03. The van der Waals surface area contributed by atoms with Gasteiger partial charge in [0.15, 0.2) is 0 Å². The maximum Gasteiger partial charge on any atom is 0.236 e. The number of hydrogen-bond acceptors (Lipinski definition) is 7. The van der Waals surface area contributed by atoms with Crippen molar-refractivity contribution in [3.8, 4) is 16.8 Å². The first-order valence-electron chi connectivity index (χ1n) is 8.69. The number of aromatic nitrogens is 3. The van der Waals surface area contributed by atoms with Gasteiger partial charge in [-0.2, -0.15) is 10.4 Å². The van der Waals surface area contributed by atoms with E-state index in [1.54, 1.807) is 10.9 Å². The van der Waals surface area contributed by atoms with Gasteiger partial charge in [-0.05, 0) is 18.5 Å². The number of aryl methyl sites for hydroxylation is 1. The average molecular weight is 403 g/mol. The van der Waals surface area contributed by atoms with E-state index in [0.29, 0.717) is 22.7 Å². The standard InChI is InChI=1S/C18H22N4O3SSi/c1-12-14-15(23)13(5-6-19)21-22(11-24-9-10-27(2,3)4)18(14)26-16(12)17-20-7-8-25-17/h7-8H,5,9-11H2,1-4H3. The van der Waals surface area contributed by atoms with Gasteiger partial charge in [0, 0.05) is 14.7 Å². The summed E-state index contributed by atoms with van der Waals surface area (Å²) in [5.74, 6) is 0.473. The molecule has 3 heterocycles. The van der Waals surface area contributed by atoms with Crippen LogP contribution >= 0.6 is 11.3 Å². The van der Waals surface area contributed by atoms with Gasteiger partial charge in [0.1, 0.15) is 23.5 Å². The largest absolute Gasteiger partial charge is 0.444 e. The van der Waals surface area contributed by atoms with Gasteiger partial charge in [-0.15, -0.1) is 11.3 Å². The van der Waals surface area contributed by atoms with E-state index in [9.17, 15) is 4.79 Å². The molecule has 0 saturated carbocycles. The van der Waals surface area contributed by atoms with Gasteiger partial charge in [-0.3, -0.25) is 4.79 Å². The summed E-state index contributed by atoms with van der Waals surface area (Å²) in [5.41, 5.74) is 0.815. The second-order valence-corrected chi connectivity index (χ2v) is 14.2. The number of nitrogens with zero attached hydrogens (tertiary/aromatic N) is 4. The summed E-state index contributed by atoms with van der Waals surface area (Å²) in [5, 5.41) is 14.0. The van der Waals surface area contributed by atoms with Crippen LogP contribution in [0.3, 0.4) is 0 Å².